The predicted molar refractivity (Wildman–Crippen MR) is 460 cm³/mol. The molecule has 5 heterocycles. The Balaban J connectivity index is -0.000000315. The third kappa shape index (κ3) is 32.7. The summed E-state index contributed by atoms with van der Waals surface area (Å²) in [6.07, 6.45) is -10.9. The van der Waals surface area contributed by atoms with E-state index in [1.165, 1.54) is 49.3 Å². The zero-order chi connectivity index (χ0) is 114. The Hall–Kier alpha value is -12.4. The first-order valence-corrected chi connectivity index (χ1v) is 37.8. The molecule has 6 aromatic carbocycles. The Morgan fingerprint density at radius 3 is 1.35 bits per heavy atom. The van der Waals surface area contributed by atoms with Crippen LogP contribution in [0.4, 0.5) is 93.7 Å². The number of alkyl halides is 12. The number of nitrogens with two attached hydrogens (primary N) is 1. The van der Waals surface area contributed by atoms with Crippen LogP contribution in [-0.2, 0) is 64.2 Å². The van der Waals surface area contributed by atoms with E-state index in [-0.39, 0.29) is 47.3 Å². The molecule has 125 heavy (non-hydrogen) atoms. The zero-order valence-corrected chi connectivity index (χ0v) is 71.7. The van der Waals surface area contributed by atoms with Crippen molar-refractivity contribution in [3.8, 4) is 33.8 Å². The SMILES string of the molecule is CC(C)(C)OC(=O)[N+]1=CC(c2cc([N+](=O)[O-])cc(C(F)(F)F)c2)C=N1.CC(C)(C)OC(=O)n1cc(-c2cc(CC(=O)Oc3ccccc3)cc(C(F)(F)F)c2)cn1.CC(C)(C)OC(=O)n1cc(-c2cc(N)cc(C(F)(F)F)c2)cn1.CC(C)(C)OC(=O)n1cc(B2OC(C)(C)C(C)(C)O2)cn1.O=C(Cl)Oc1ccccc1.O=[N+]([O-])c1cc(Br)cc(C(F)(F)F)c1.[2HH].[2H][2H].[2H][2H].[2H][2H].[2H][2H].[2H][2H].[2H][2H].[2H][2H].[2H][2H].[2H][2H].[2H][2H].[HH]. The number of carbonyl (C=O) groups is 6. The molecule has 44 heteroatoms. The standard InChI is InChI=1S/C23H21F3N2O4.C15H15F3N3O4.C15H16F3N3O2.C14H23BN2O4.C7H3BrF3NO2.C7H5ClO2.12H2/c1-22(2,3)32-21(30)28-14-17(13-27-28)16-9-15(10-18(12-16)23(24,25)26)11-20(29)31-19-7-5-4-6-8-19;1-14(2,3)25-13(22)20-8-10(7-19-20)9-4-11(15(16,17)18)6-12(5-9)21(23)24;1-14(2,3)23-13(22)21-8-10(7-20-21)9-4-11(15(16,17)18)6-12(19)5-9;1-12(2,3)19-11(18)17-9-10(8-16-17)15-20-13(4,5)14(6,7)21-15;8-5-1-4(7(9,10)11)2-6(3-5)12(13)14;8-7(9)10-6-4-2-1-3-5-6;;;;;;;;;;;;/h4-10,12-14H,11H2,1-3H3;4-8,10H,1-3H3;4-8H,19H2,1-3H3;8-9H,1-7H3;1-3H;1-5H;12*1H/q;+1;;;;;;;;;;;;;;;;/i;;;;;;10*1+1D;1+1;. The van der Waals surface area contributed by atoms with Crippen LogP contribution < -0.4 is 20.7 Å². The van der Waals surface area contributed by atoms with Gasteiger partial charge in [-0.05, 0) is 200 Å². The molecule has 0 radical (unpaired) electrons. The molecule has 1 atom stereocenters. The number of nitro groups is 2. The number of nitrogen functional groups attached to an aromatic ring is 1. The average molecular weight is 1900 g/mol. The molecule has 29 nitrogen and oxygen atoms in total. The van der Waals surface area contributed by atoms with Crippen LogP contribution in [0.3, 0.4) is 0 Å². The van der Waals surface area contributed by atoms with E-state index in [4.69, 9.17) is 80.0 Å². The van der Waals surface area contributed by atoms with Crippen LogP contribution in [0, 0.1) is 20.2 Å². The van der Waals surface area contributed by atoms with Crippen LogP contribution in [0.25, 0.3) is 22.3 Å². The average Bonchev–Trinajstić information content (AvgIpc) is 1.63. The van der Waals surface area contributed by atoms with Gasteiger partial charge in [-0.15, -0.1) is 0 Å². The Morgan fingerprint density at radius 2 is 0.928 bits per heavy atom. The van der Waals surface area contributed by atoms with Gasteiger partial charge < -0.3 is 43.5 Å². The second-order valence-electron chi connectivity index (χ2n) is 31.8. The van der Waals surface area contributed by atoms with Gasteiger partial charge in [0.25, 0.3) is 11.4 Å². The number of para-hydroxylation sites is 2. The van der Waals surface area contributed by atoms with Crippen LogP contribution in [0.1, 0.15) is 183 Å². The van der Waals surface area contributed by atoms with Crippen LogP contribution in [0.5, 0.6) is 11.5 Å². The number of aromatic nitrogens is 6. The molecular formula is C81H107BBrClF12N11O18+. The van der Waals surface area contributed by atoms with Gasteiger partial charge in [0.15, 0.2) is 6.21 Å². The molecule has 0 saturated carbocycles. The number of benzene rings is 6. The number of anilines is 1. The minimum absolute atomic E-state index is 0. The van der Waals surface area contributed by atoms with Gasteiger partial charge in [-0.3, -0.25) is 25.0 Å². The van der Waals surface area contributed by atoms with Crippen molar-refractivity contribution in [3.63, 3.8) is 0 Å². The molecule has 9 aromatic rings. The number of hydrazone groups is 1. The third-order valence-corrected chi connectivity index (χ3v) is 16.6. The van der Waals surface area contributed by atoms with Crippen molar-refractivity contribution in [2.75, 3.05) is 5.73 Å². The number of ether oxygens (including phenoxy) is 6. The molecule has 694 valence electrons. The number of hydrogen-bond donors (Lipinski definition) is 1. The van der Waals surface area contributed by atoms with Crippen molar-refractivity contribution < 1.29 is 166 Å². The molecule has 2 N–H and O–H groups in total. The van der Waals surface area contributed by atoms with Gasteiger partial charge in [0.2, 0.25) is 0 Å². The Kier molecular flexibility index (Phi) is 27.9. The van der Waals surface area contributed by atoms with E-state index in [2.05, 4.69) is 41.1 Å². The van der Waals surface area contributed by atoms with Crippen molar-refractivity contribution in [2.45, 2.75) is 181 Å². The molecule has 2 aliphatic heterocycles. The minimum Gasteiger partial charge on any atom is -0.442 e. The topological polar surface area (TPSA) is 357 Å². The molecule has 0 bridgehead atoms. The highest BCUT2D eigenvalue weighted by Gasteiger charge is 2.52. The molecule has 0 spiro atoms. The van der Waals surface area contributed by atoms with Gasteiger partial charge in [0.1, 0.15) is 39.8 Å². The number of non-ortho nitro benzene ring substituents is 2. The number of hydrogen-bond acceptors (Lipinski definition) is 23. The normalized spacial score (nSPS) is 14.8. The second-order valence-corrected chi connectivity index (χ2v) is 33.0. The fourth-order valence-corrected chi connectivity index (χ4v) is 10.6. The first kappa shape index (κ1) is 86.2. The van der Waals surface area contributed by atoms with Crippen LogP contribution >= 0.6 is 27.5 Å². The quantitative estimate of drug-likeness (QED) is 0.0127. The summed E-state index contributed by atoms with van der Waals surface area (Å²) in [5, 5.41) is 36.6. The van der Waals surface area contributed by atoms with Crippen LogP contribution in [0.2, 0.25) is 0 Å². The number of nitro benzene ring substituents is 2. The largest absolute Gasteiger partial charge is 0.628 e. The van der Waals surface area contributed by atoms with Gasteiger partial charge in [-0.1, -0.05) is 58.4 Å². The van der Waals surface area contributed by atoms with Crippen LogP contribution in [-0.4, -0.2) is 133 Å². The lowest BCUT2D eigenvalue weighted by Crippen LogP contribution is -2.41. The van der Waals surface area contributed by atoms with E-state index < -0.39 is 151 Å². The molecule has 11 rings (SSSR count). The number of halogens is 14. The maximum absolute atomic E-state index is 13.5. The molecule has 0 aliphatic carbocycles. The highest BCUT2D eigenvalue weighted by atomic mass is 79.9. The number of rotatable bonds is 10. The van der Waals surface area contributed by atoms with Crippen LogP contribution in [0.15, 0.2) is 180 Å². The van der Waals surface area contributed by atoms with E-state index >= 15 is 0 Å². The Morgan fingerprint density at radius 1 is 0.536 bits per heavy atom. The summed E-state index contributed by atoms with van der Waals surface area (Å²) in [4.78, 5) is 89.6. The predicted octanol–water partition coefficient (Wildman–Crippen LogP) is 23.9. The van der Waals surface area contributed by atoms with Gasteiger partial charge in [0.05, 0.1) is 68.3 Å². The lowest BCUT2D eigenvalue weighted by molar-refractivity contribution is -0.447. The number of esters is 1. The summed E-state index contributed by atoms with van der Waals surface area (Å²) in [5.41, 5.74) is -2.47. The second kappa shape index (κ2) is 40.5. The fourth-order valence-electron chi connectivity index (χ4n) is 10.0. The fraction of sp³-hybridized carbons (Fsp3) is 0.346. The van der Waals surface area contributed by atoms with Gasteiger partial charge in [-0.25, -0.2) is 19.2 Å². The minimum atomic E-state index is -4.73. The lowest BCUT2D eigenvalue weighted by atomic mass is 9.82. The van der Waals surface area contributed by atoms with Gasteiger partial charge >= 0.3 is 67.6 Å². The monoisotopic (exact) mass is 1900 g/mol. The van der Waals surface area contributed by atoms with Crippen molar-refractivity contribution in [1.82, 2.24) is 29.3 Å². The summed E-state index contributed by atoms with van der Waals surface area (Å²) in [6.45, 7) is 28.4. The highest BCUT2D eigenvalue weighted by Crippen LogP contribution is 2.40. The number of carbonyl (C=O) groups excluding carboxylic acids is 6. The highest BCUT2D eigenvalue weighted by molar-refractivity contribution is 9.10. The molecular weight excluding hydrogens is 1770 g/mol. The molecule has 2 aliphatic rings. The summed E-state index contributed by atoms with van der Waals surface area (Å²) in [7, 11) is -0.536. The lowest BCUT2D eigenvalue weighted by Gasteiger charge is -2.32. The smallest absolute Gasteiger partial charge is 0.442 e. The first-order chi connectivity index (χ1) is 67.2. The van der Waals surface area contributed by atoms with E-state index in [0.717, 1.165) is 67.3 Å². The number of nitrogens with zero attached hydrogens (tertiary/aromatic N) is 10. The summed E-state index contributed by atoms with van der Waals surface area (Å²) in [6, 6.07) is 27.9. The van der Waals surface area contributed by atoms with Crippen molar-refractivity contribution in [2.24, 2.45) is 5.10 Å². The zero-order valence-electron chi connectivity index (χ0n) is 89.4. The molecule has 1 fully saturated rings. The van der Waals surface area contributed by atoms with E-state index in [1.807, 2.05) is 54.5 Å². The molecule has 1 saturated heterocycles. The van der Waals surface area contributed by atoms with Crippen molar-refractivity contribution in [3.05, 3.63) is 229 Å². The molecule has 1 unspecified atom stereocenters. The van der Waals surface area contributed by atoms with E-state index in [9.17, 15) is 102 Å². The van der Waals surface area contributed by atoms with Gasteiger partial charge in [-0.2, -0.15) is 86.8 Å². The summed E-state index contributed by atoms with van der Waals surface area (Å²) >= 11 is 7.72. The molecule has 3 aromatic heterocycles. The van der Waals surface area contributed by atoms with E-state index in [1.54, 1.807) is 129 Å². The van der Waals surface area contributed by atoms with Gasteiger partial charge in [0, 0.05) is 130 Å². The van der Waals surface area contributed by atoms with Crippen molar-refractivity contribution >= 4 is 105 Å². The summed E-state index contributed by atoms with van der Waals surface area (Å²) < 4.78 is 300. The maximum atomic E-state index is 13.5. The maximum Gasteiger partial charge on any atom is 0.628 e. The molecule has 1 amide bonds. The van der Waals surface area contributed by atoms with Crippen molar-refractivity contribution in [1.29, 1.82) is 0 Å². The van der Waals surface area contributed by atoms with E-state index in [0.29, 0.717) is 34.7 Å². The Bertz CT molecular complexity index is 5500. The first-order valence-electron chi connectivity index (χ1n) is 46.6. The summed E-state index contributed by atoms with van der Waals surface area (Å²) in [5.74, 6) is -0.773. The third-order valence-electron chi connectivity index (χ3n) is 16.1. The number of amides is 1. The Labute approximate surface area is 753 Å².